The van der Waals surface area contributed by atoms with Crippen molar-refractivity contribution in [2.75, 3.05) is 26.3 Å². The normalized spacial score (nSPS) is 16.4. The van der Waals surface area contributed by atoms with Gasteiger partial charge in [-0.3, -0.25) is 4.99 Å². The number of halogens is 1. The van der Waals surface area contributed by atoms with Gasteiger partial charge < -0.3 is 9.84 Å². The second-order valence-corrected chi connectivity index (χ2v) is 8.33. The largest absolute Gasteiger partial charge is 0.507 e. The molecule has 1 aliphatic heterocycles. The first-order valence-electron chi connectivity index (χ1n) is 7.67. The van der Waals surface area contributed by atoms with E-state index in [1.54, 1.807) is 36.4 Å². The van der Waals surface area contributed by atoms with Crippen molar-refractivity contribution in [3.63, 3.8) is 0 Å². The smallest absolute Gasteiger partial charge is 0.243 e. The second-order valence-electron chi connectivity index (χ2n) is 5.48. The Balaban J connectivity index is 1.86. The summed E-state index contributed by atoms with van der Waals surface area (Å²) in [6, 6.07) is 11.5. The van der Waals surface area contributed by atoms with Crippen molar-refractivity contribution in [2.45, 2.75) is 4.90 Å². The van der Waals surface area contributed by atoms with Crippen molar-refractivity contribution in [1.82, 2.24) is 4.31 Å². The highest BCUT2D eigenvalue weighted by molar-refractivity contribution is 9.10. The minimum absolute atomic E-state index is 0.101. The van der Waals surface area contributed by atoms with Gasteiger partial charge in [0.1, 0.15) is 5.75 Å². The maximum Gasteiger partial charge on any atom is 0.243 e. The number of rotatable bonds is 4. The summed E-state index contributed by atoms with van der Waals surface area (Å²) in [5.41, 5.74) is 1.03. The minimum Gasteiger partial charge on any atom is -0.507 e. The van der Waals surface area contributed by atoms with Crippen LogP contribution in [0.15, 0.2) is 56.8 Å². The fourth-order valence-corrected chi connectivity index (χ4v) is 4.26. The van der Waals surface area contributed by atoms with Crippen molar-refractivity contribution in [3.8, 4) is 5.75 Å². The third kappa shape index (κ3) is 4.27. The molecule has 8 heteroatoms. The molecule has 1 aliphatic rings. The number of benzene rings is 2. The van der Waals surface area contributed by atoms with Gasteiger partial charge in [-0.25, -0.2) is 8.42 Å². The molecule has 2 aromatic carbocycles. The van der Waals surface area contributed by atoms with Crippen molar-refractivity contribution in [1.29, 1.82) is 0 Å². The van der Waals surface area contributed by atoms with E-state index >= 15 is 0 Å². The predicted octanol–water partition coefficient (Wildman–Crippen LogP) is 2.93. The quantitative estimate of drug-likeness (QED) is 0.765. The molecule has 1 fully saturated rings. The number of nitrogens with zero attached hydrogens (tertiary/aromatic N) is 2. The predicted molar refractivity (Wildman–Crippen MR) is 99.1 cm³/mol. The van der Waals surface area contributed by atoms with Crippen LogP contribution in [0.5, 0.6) is 5.75 Å². The molecule has 6 nitrogen and oxygen atoms in total. The molecule has 25 heavy (non-hydrogen) atoms. The standard InChI is InChI=1S/C17H17BrN2O4S/c18-14-4-5-17(21)13(10-14)12-19-15-2-1-3-16(11-15)25(22,23)20-6-8-24-9-7-20/h1-5,10-12,21H,6-9H2. The third-order valence-corrected chi connectivity index (χ3v) is 6.16. The van der Waals surface area contributed by atoms with E-state index in [2.05, 4.69) is 20.9 Å². The first kappa shape index (κ1) is 18.1. The van der Waals surface area contributed by atoms with Gasteiger partial charge >= 0.3 is 0 Å². The maximum atomic E-state index is 12.7. The number of morpholine rings is 1. The summed E-state index contributed by atoms with van der Waals surface area (Å²) in [6.45, 7) is 1.50. The van der Waals surface area contributed by atoms with Crippen LogP contribution in [0.25, 0.3) is 0 Å². The molecule has 0 amide bonds. The van der Waals surface area contributed by atoms with Crippen molar-refractivity contribution >= 4 is 37.9 Å². The van der Waals surface area contributed by atoms with Crippen LogP contribution in [0.3, 0.4) is 0 Å². The van der Waals surface area contributed by atoms with Gasteiger partial charge in [0.05, 0.1) is 23.8 Å². The number of hydrogen-bond acceptors (Lipinski definition) is 5. The van der Waals surface area contributed by atoms with Crippen molar-refractivity contribution in [2.24, 2.45) is 4.99 Å². The van der Waals surface area contributed by atoms with Gasteiger partial charge in [-0.1, -0.05) is 22.0 Å². The highest BCUT2D eigenvalue weighted by Crippen LogP contribution is 2.24. The number of phenolic OH excluding ortho intramolecular Hbond substituents is 1. The lowest BCUT2D eigenvalue weighted by Crippen LogP contribution is -2.40. The third-order valence-electron chi connectivity index (χ3n) is 3.77. The SMILES string of the molecule is O=S(=O)(c1cccc(N=Cc2cc(Br)ccc2O)c1)N1CCOCC1. The Hall–Kier alpha value is -1.74. The fourth-order valence-electron chi connectivity index (χ4n) is 2.43. The van der Waals surface area contributed by atoms with E-state index in [9.17, 15) is 13.5 Å². The van der Waals surface area contributed by atoms with Gasteiger partial charge in [-0.2, -0.15) is 4.31 Å². The number of aromatic hydroxyl groups is 1. The average molecular weight is 425 g/mol. The number of aliphatic imine (C=N–C) groups is 1. The zero-order chi connectivity index (χ0) is 17.9. The first-order chi connectivity index (χ1) is 12.0. The number of hydrogen-bond donors (Lipinski definition) is 1. The Morgan fingerprint density at radius 1 is 1.16 bits per heavy atom. The molecule has 0 bridgehead atoms. The monoisotopic (exact) mass is 424 g/mol. The number of sulfonamides is 1. The van der Waals surface area contributed by atoms with Crippen LogP contribution in [-0.2, 0) is 14.8 Å². The van der Waals surface area contributed by atoms with E-state index in [4.69, 9.17) is 4.74 Å². The van der Waals surface area contributed by atoms with Gasteiger partial charge in [0.15, 0.2) is 0 Å². The van der Waals surface area contributed by atoms with Gasteiger partial charge in [0.2, 0.25) is 10.0 Å². The summed E-state index contributed by atoms with van der Waals surface area (Å²) in [7, 11) is -3.56. The number of phenols is 1. The van der Waals surface area contributed by atoms with Crippen molar-refractivity contribution in [3.05, 3.63) is 52.5 Å². The first-order valence-corrected chi connectivity index (χ1v) is 9.91. The maximum absolute atomic E-state index is 12.7. The molecule has 3 rings (SSSR count). The zero-order valence-electron chi connectivity index (χ0n) is 13.3. The minimum atomic E-state index is -3.56. The Kier molecular flexibility index (Phi) is 5.53. The zero-order valence-corrected chi connectivity index (χ0v) is 15.7. The topological polar surface area (TPSA) is 79.2 Å². The molecule has 2 aromatic rings. The van der Waals surface area contributed by atoms with Crippen LogP contribution in [-0.4, -0.2) is 50.3 Å². The highest BCUT2D eigenvalue weighted by Gasteiger charge is 2.26. The Bertz CT molecular complexity index is 893. The molecule has 0 unspecified atom stereocenters. The summed E-state index contributed by atoms with van der Waals surface area (Å²) >= 11 is 3.34. The fraction of sp³-hybridized carbons (Fsp3) is 0.235. The van der Waals surface area contributed by atoms with E-state index in [0.29, 0.717) is 37.6 Å². The summed E-state index contributed by atoms with van der Waals surface area (Å²) in [5, 5.41) is 9.84. The second kappa shape index (κ2) is 7.65. The molecule has 0 aliphatic carbocycles. The van der Waals surface area contributed by atoms with Crippen LogP contribution in [0.2, 0.25) is 0 Å². The molecular formula is C17H17BrN2O4S. The summed E-state index contributed by atoms with van der Waals surface area (Å²) in [4.78, 5) is 4.48. The van der Waals surface area contributed by atoms with E-state index in [0.717, 1.165) is 4.47 Å². The van der Waals surface area contributed by atoms with Gasteiger partial charge in [-0.15, -0.1) is 0 Å². The highest BCUT2D eigenvalue weighted by atomic mass is 79.9. The lowest BCUT2D eigenvalue weighted by molar-refractivity contribution is 0.0730. The molecule has 0 aromatic heterocycles. The van der Waals surface area contributed by atoms with Crippen LogP contribution >= 0.6 is 15.9 Å². The molecule has 1 heterocycles. The Morgan fingerprint density at radius 2 is 1.92 bits per heavy atom. The van der Waals surface area contributed by atoms with E-state index in [1.165, 1.54) is 16.6 Å². The molecular weight excluding hydrogens is 408 g/mol. The lowest BCUT2D eigenvalue weighted by Gasteiger charge is -2.26. The van der Waals surface area contributed by atoms with Crippen LogP contribution in [0.1, 0.15) is 5.56 Å². The average Bonchev–Trinajstić information content (AvgIpc) is 2.63. The van der Waals surface area contributed by atoms with Crippen LogP contribution < -0.4 is 0 Å². The molecule has 1 N–H and O–H groups in total. The molecule has 0 saturated carbocycles. The van der Waals surface area contributed by atoms with Crippen LogP contribution in [0, 0.1) is 0 Å². The van der Waals surface area contributed by atoms with Gasteiger partial charge in [0, 0.05) is 29.3 Å². The van der Waals surface area contributed by atoms with E-state index in [-0.39, 0.29) is 10.6 Å². The number of ether oxygens (including phenoxy) is 1. The van der Waals surface area contributed by atoms with E-state index < -0.39 is 10.0 Å². The summed E-state index contributed by atoms with van der Waals surface area (Å²) in [5.74, 6) is 0.101. The molecule has 132 valence electrons. The molecule has 0 atom stereocenters. The molecule has 1 saturated heterocycles. The molecule has 0 radical (unpaired) electrons. The van der Waals surface area contributed by atoms with E-state index in [1.807, 2.05) is 0 Å². The van der Waals surface area contributed by atoms with Crippen molar-refractivity contribution < 1.29 is 18.3 Å². The Labute approximate surface area is 154 Å². The van der Waals surface area contributed by atoms with Crippen LogP contribution in [0.4, 0.5) is 5.69 Å². The van der Waals surface area contributed by atoms with Gasteiger partial charge in [-0.05, 0) is 36.4 Å². The summed E-state index contributed by atoms with van der Waals surface area (Å²) in [6.07, 6.45) is 1.50. The van der Waals surface area contributed by atoms with Gasteiger partial charge in [0.25, 0.3) is 0 Å². The lowest BCUT2D eigenvalue weighted by atomic mass is 10.2. The Morgan fingerprint density at radius 3 is 2.68 bits per heavy atom. The molecule has 0 spiro atoms. The summed E-state index contributed by atoms with van der Waals surface area (Å²) < 4.78 is 32.8.